The summed E-state index contributed by atoms with van der Waals surface area (Å²) >= 11 is 4.98. The molecule has 0 bridgehead atoms. The molecular formula is C8H12BrN3OS. The van der Waals surface area contributed by atoms with Gasteiger partial charge in [-0.25, -0.2) is 4.98 Å². The summed E-state index contributed by atoms with van der Waals surface area (Å²) in [7, 11) is 0. The van der Waals surface area contributed by atoms with Crippen LogP contribution in [0.2, 0.25) is 0 Å². The van der Waals surface area contributed by atoms with Gasteiger partial charge in [0.05, 0.1) is 6.33 Å². The fourth-order valence-electron chi connectivity index (χ4n) is 0.930. The standard InChI is InChI=1S/C8H12BrN3OS/c1-14-4-2-3-10-7-6(9)8(13)12-5-11-7/h5H,2-4H2,1H3,(H2,10,11,12,13). The van der Waals surface area contributed by atoms with E-state index in [1.807, 2.05) is 0 Å². The Kier molecular flexibility index (Phi) is 5.03. The number of hydrogen-bond acceptors (Lipinski definition) is 4. The van der Waals surface area contributed by atoms with Gasteiger partial charge in [-0.05, 0) is 34.4 Å². The predicted octanol–water partition coefficient (Wildman–Crippen LogP) is 1.70. The summed E-state index contributed by atoms with van der Waals surface area (Å²) in [4.78, 5) is 17.6. The lowest BCUT2D eigenvalue weighted by Gasteiger charge is -2.05. The monoisotopic (exact) mass is 277 g/mol. The quantitative estimate of drug-likeness (QED) is 0.805. The molecule has 4 nitrogen and oxygen atoms in total. The number of hydrogen-bond donors (Lipinski definition) is 2. The summed E-state index contributed by atoms with van der Waals surface area (Å²) in [5, 5.41) is 3.10. The van der Waals surface area contributed by atoms with Crippen molar-refractivity contribution in [3.05, 3.63) is 21.2 Å². The van der Waals surface area contributed by atoms with Crippen molar-refractivity contribution in [2.75, 3.05) is 23.9 Å². The summed E-state index contributed by atoms with van der Waals surface area (Å²) in [5.74, 6) is 1.71. The van der Waals surface area contributed by atoms with E-state index in [4.69, 9.17) is 0 Å². The molecule has 0 aliphatic rings. The first kappa shape index (κ1) is 11.6. The smallest absolute Gasteiger partial charge is 0.267 e. The molecule has 14 heavy (non-hydrogen) atoms. The van der Waals surface area contributed by atoms with Gasteiger partial charge in [0.25, 0.3) is 5.56 Å². The molecule has 0 spiro atoms. The minimum Gasteiger partial charge on any atom is -0.369 e. The van der Waals surface area contributed by atoms with Gasteiger partial charge in [-0.3, -0.25) is 4.79 Å². The average Bonchev–Trinajstić information content (AvgIpc) is 2.19. The van der Waals surface area contributed by atoms with Crippen LogP contribution in [0.25, 0.3) is 0 Å². The zero-order chi connectivity index (χ0) is 10.4. The number of H-pyrrole nitrogens is 1. The second kappa shape index (κ2) is 6.08. The highest BCUT2D eigenvalue weighted by Crippen LogP contribution is 2.12. The van der Waals surface area contributed by atoms with Gasteiger partial charge >= 0.3 is 0 Å². The third-order valence-corrected chi connectivity index (χ3v) is 3.05. The Balaban J connectivity index is 2.51. The first-order valence-corrected chi connectivity index (χ1v) is 6.40. The Morgan fingerprint density at radius 3 is 3.21 bits per heavy atom. The first-order chi connectivity index (χ1) is 6.75. The van der Waals surface area contributed by atoms with Crippen molar-refractivity contribution in [1.29, 1.82) is 0 Å². The molecule has 0 amide bonds. The van der Waals surface area contributed by atoms with Crippen molar-refractivity contribution in [2.24, 2.45) is 0 Å². The normalized spacial score (nSPS) is 10.1. The molecule has 0 aliphatic heterocycles. The molecule has 0 atom stereocenters. The van der Waals surface area contributed by atoms with E-state index in [1.54, 1.807) is 11.8 Å². The molecule has 1 aromatic heterocycles. The number of aromatic nitrogens is 2. The SMILES string of the molecule is CSCCCNc1nc[nH]c(=O)c1Br. The van der Waals surface area contributed by atoms with E-state index in [-0.39, 0.29) is 5.56 Å². The van der Waals surface area contributed by atoms with Crippen molar-refractivity contribution < 1.29 is 0 Å². The van der Waals surface area contributed by atoms with Crippen molar-refractivity contribution in [1.82, 2.24) is 9.97 Å². The number of nitrogens with zero attached hydrogens (tertiary/aromatic N) is 1. The molecule has 78 valence electrons. The molecule has 1 aromatic rings. The summed E-state index contributed by atoms with van der Waals surface area (Å²) in [6.45, 7) is 0.829. The Bertz CT molecular complexity index is 342. The van der Waals surface area contributed by atoms with Crippen LogP contribution in [0.5, 0.6) is 0 Å². The lowest BCUT2D eigenvalue weighted by Crippen LogP contribution is -2.13. The number of anilines is 1. The predicted molar refractivity (Wildman–Crippen MR) is 64.0 cm³/mol. The van der Waals surface area contributed by atoms with Gasteiger partial charge in [0.2, 0.25) is 0 Å². The minimum absolute atomic E-state index is 0.160. The fraction of sp³-hybridized carbons (Fsp3) is 0.500. The lowest BCUT2D eigenvalue weighted by molar-refractivity contribution is 0.968. The number of nitrogens with one attached hydrogen (secondary N) is 2. The summed E-state index contributed by atoms with van der Waals surface area (Å²) < 4.78 is 0.462. The minimum atomic E-state index is -0.160. The molecule has 0 fully saturated rings. The van der Waals surface area contributed by atoms with E-state index in [9.17, 15) is 4.79 Å². The molecule has 0 aliphatic carbocycles. The first-order valence-electron chi connectivity index (χ1n) is 4.21. The fourth-order valence-corrected chi connectivity index (χ4v) is 1.72. The number of aromatic amines is 1. The lowest BCUT2D eigenvalue weighted by atomic mass is 10.4. The molecule has 0 unspecified atom stereocenters. The molecule has 2 N–H and O–H groups in total. The zero-order valence-corrected chi connectivity index (χ0v) is 10.2. The van der Waals surface area contributed by atoms with Crippen LogP contribution < -0.4 is 10.9 Å². The van der Waals surface area contributed by atoms with Crippen LogP contribution in [0.3, 0.4) is 0 Å². The van der Waals surface area contributed by atoms with Crippen molar-refractivity contribution in [3.63, 3.8) is 0 Å². The Morgan fingerprint density at radius 1 is 1.71 bits per heavy atom. The van der Waals surface area contributed by atoms with Gasteiger partial charge in [0, 0.05) is 6.54 Å². The van der Waals surface area contributed by atoms with Crippen LogP contribution in [0, 0.1) is 0 Å². The Morgan fingerprint density at radius 2 is 2.50 bits per heavy atom. The Labute approximate surface area is 95.0 Å². The number of halogens is 1. The van der Waals surface area contributed by atoms with Crippen LogP contribution in [0.1, 0.15) is 6.42 Å². The van der Waals surface area contributed by atoms with Gasteiger partial charge in [-0.15, -0.1) is 0 Å². The highest BCUT2D eigenvalue weighted by molar-refractivity contribution is 9.10. The highest BCUT2D eigenvalue weighted by Gasteiger charge is 2.03. The molecule has 6 heteroatoms. The maximum atomic E-state index is 11.1. The molecule has 0 aromatic carbocycles. The van der Waals surface area contributed by atoms with Crippen LogP contribution in [0.15, 0.2) is 15.6 Å². The van der Waals surface area contributed by atoms with Crippen LogP contribution in [0.4, 0.5) is 5.82 Å². The molecule has 0 saturated carbocycles. The molecule has 0 saturated heterocycles. The van der Waals surface area contributed by atoms with Crippen LogP contribution in [-0.2, 0) is 0 Å². The van der Waals surface area contributed by atoms with E-state index in [0.717, 1.165) is 18.7 Å². The molecule has 0 radical (unpaired) electrons. The van der Waals surface area contributed by atoms with Crippen molar-refractivity contribution in [3.8, 4) is 0 Å². The summed E-state index contributed by atoms with van der Waals surface area (Å²) in [6.07, 6.45) is 4.52. The van der Waals surface area contributed by atoms with E-state index in [1.165, 1.54) is 6.33 Å². The van der Waals surface area contributed by atoms with Crippen molar-refractivity contribution in [2.45, 2.75) is 6.42 Å². The highest BCUT2D eigenvalue weighted by atomic mass is 79.9. The topological polar surface area (TPSA) is 57.8 Å². The maximum Gasteiger partial charge on any atom is 0.267 e. The van der Waals surface area contributed by atoms with Crippen LogP contribution >= 0.6 is 27.7 Å². The number of rotatable bonds is 5. The van der Waals surface area contributed by atoms with Gasteiger partial charge in [0.15, 0.2) is 0 Å². The second-order valence-corrected chi connectivity index (χ2v) is 4.45. The summed E-state index contributed by atoms with van der Waals surface area (Å²) in [6, 6.07) is 0. The van der Waals surface area contributed by atoms with Gasteiger partial charge < -0.3 is 10.3 Å². The van der Waals surface area contributed by atoms with E-state index in [2.05, 4.69) is 37.5 Å². The average molecular weight is 278 g/mol. The summed E-state index contributed by atoms with van der Waals surface area (Å²) in [5.41, 5.74) is -0.160. The van der Waals surface area contributed by atoms with E-state index in [0.29, 0.717) is 10.3 Å². The number of thioether (sulfide) groups is 1. The Hall–Kier alpha value is -0.490. The molecule has 1 rings (SSSR count). The zero-order valence-electron chi connectivity index (χ0n) is 7.84. The molecule has 1 heterocycles. The van der Waals surface area contributed by atoms with Crippen molar-refractivity contribution >= 4 is 33.5 Å². The van der Waals surface area contributed by atoms with Gasteiger partial charge in [0.1, 0.15) is 10.3 Å². The van der Waals surface area contributed by atoms with E-state index >= 15 is 0 Å². The third-order valence-electron chi connectivity index (χ3n) is 1.61. The molecular weight excluding hydrogens is 266 g/mol. The van der Waals surface area contributed by atoms with E-state index < -0.39 is 0 Å². The second-order valence-electron chi connectivity index (χ2n) is 2.67. The van der Waals surface area contributed by atoms with Crippen LogP contribution in [-0.4, -0.2) is 28.5 Å². The van der Waals surface area contributed by atoms with Gasteiger partial charge in [-0.1, -0.05) is 0 Å². The largest absolute Gasteiger partial charge is 0.369 e. The van der Waals surface area contributed by atoms with Gasteiger partial charge in [-0.2, -0.15) is 11.8 Å². The maximum absolute atomic E-state index is 11.1. The third kappa shape index (κ3) is 3.34.